The van der Waals surface area contributed by atoms with Crippen LogP contribution >= 0.6 is 0 Å². The molecule has 1 aliphatic rings. The second-order valence-corrected chi connectivity index (χ2v) is 8.74. The van der Waals surface area contributed by atoms with E-state index in [1.54, 1.807) is 12.1 Å². The van der Waals surface area contributed by atoms with Crippen LogP contribution in [0.4, 0.5) is 0 Å². The Balaban J connectivity index is 1.55. The van der Waals surface area contributed by atoms with Crippen molar-refractivity contribution in [3.05, 3.63) is 54.0 Å². The number of hydrogen-bond acceptors (Lipinski definition) is 6. The Hall–Kier alpha value is -3.18. The molecule has 0 bridgehead atoms. The van der Waals surface area contributed by atoms with Crippen LogP contribution in [-0.4, -0.2) is 57.2 Å². The molecule has 1 aromatic carbocycles. The molecule has 2 aromatic rings. The van der Waals surface area contributed by atoms with Crippen molar-refractivity contribution >= 4 is 27.7 Å². The van der Waals surface area contributed by atoms with Crippen molar-refractivity contribution < 1.29 is 27.2 Å². The number of sulfonamides is 1. The van der Waals surface area contributed by atoms with Crippen molar-refractivity contribution in [1.29, 1.82) is 0 Å². The van der Waals surface area contributed by atoms with E-state index in [0.717, 1.165) is 6.42 Å². The van der Waals surface area contributed by atoms with Gasteiger partial charge < -0.3 is 20.0 Å². The maximum atomic E-state index is 12.4. The summed E-state index contributed by atoms with van der Waals surface area (Å²) in [5, 5.41) is 5.05. The molecule has 3 rings (SSSR count). The van der Waals surface area contributed by atoms with Crippen LogP contribution < -0.4 is 15.4 Å². The minimum Gasteiger partial charge on any atom is -0.468 e. The predicted octanol–water partition coefficient (Wildman–Crippen LogP) is 0.225. The molecule has 1 aromatic heterocycles. The van der Waals surface area contributed by atoms with Crippen LogP contribution in [0.15, 0.2) is 52.0 Å². The quantitative estimate of drug-likeness (QED) is 0.528. The van der Waals surface area contributed by atoms with Crippen LogP contribution in [0.1, 0.15) is 29.0 Å². The van der Waals surface area contributed by atoms with Gasteiger partial charge in [0.25, 0.3) is 5.91 Å². The standard InChI is InChI=1S/C20H24N4O6S/c1-21-20(27)17-5-2-10-24(17)18(25)13-22-19(26)14-6-8-16(9-7-14)31(28,29)23-12-15-4-3-11-30-15/h3-4,6-9,11,17,23H,2,5,10,12-13H2,1H3,(H,21,27)(H,22,26). The Kier molecular flexibility index (Phi) is 7.08. The van der Waals surface area contributed by atoms with Crippen LogP contribution in [-0.2, 0) is 26.2 Å². The highest BCUT2D eigenvalue weighted by Gasteiger charge is 2.33. The van der Waals surface area contributed by atoms with Gasteiger partial charge in [0.1, 0.15) is 11.8 Å². The number of carbonyl (C=O) groups excluding carboxylic acids is 3. The fourth-order valence-electron chi connectivity index (χ4n) is 3.31. The van der Waals surface area contributed by atoms with Crippen LogP contribution in [0.25, 0.3) is 0 Å². The number of benzene rings is 1. The smallest absolute Gasteiger partial charge is 0.251 e. The minimum atomic E-state index is -3.77. The summed E-state index contributed by atoms with van der Waals surface area (Å²) in [7, 11) is -2.26. The lowest BCUT2D eigenvalue weighted by atomic mass is 10.2. The van der Waals surface area contributed by atoms with E-state index in [1.165, 1.54) is 42.5 Å². The first-order chi connectivity index (χ1) is 14.8. The first-order valence-electron chi connectivity index (χ1n) is 9.73. The van der Waals surface area contributed by atoms with E-state index in [4.69, 9.17) is 4.42 Å². The third kappa shape index (κ3) is 5.50. The zero-order valence-electron chi connectivity index (χ0n) is 17.0. The molecule has 166 valence electrons. The lowest BCUT2D eigenvalue weighted by Gasteiger charge is -2.23. The summed E-state index contributed by atoms with van der Waals surface area (Å²) in [4.78, 5) is 38.1. The molecule has 0 saturated carbocycles. The molecular formula is C20H24N4O6S. The Labute approximate surface area is 180 Å². The van der Waals surface area contributed by atoms with Gasteiger partial charge in [-0.2, -0.15) is 0 Å². The second-order valence-electron chi connectivity index (χ2n) is 6.97. The zero-order valence-corrected chi connectivity index (χ0v) is 17.8. The lowest BCUT2D eigenvalue weighted by Crippen LogP contribution is -2.48. The molecule has 11 heteroatoms. The molecule has 3 N–H and O–H groups in total. The molecule has 0 aliphatic carbocycles. The van der Waals surface area contributed by atoms with Gasteiger partial charge in [-0.15, -0.1) is 0 Å². The van der Waals surface area contributed by atoms with Gasteiger partial charge in [0.15, 0.2) is 0 Å². The summed E-state index contributed by atoms with van der Waals surface area (Å²) < 4.78 is 32.2. The fraction of sp³-hybridized carbons (Fsp3) is 0.350. The third-order valence-electron chi connectivity index (χ3n) is 4.97. The van der Waals surface area contributed by atoms with Crippen LogP contribution in [0.5, 0.6) is 0 Å². The molecule has 0 spiro atoms. The van der Waals surface area contributed by atoms with Crippen molar-refractivity contribution in [2.24, 2.45) is 0 Å². The summed E-state index contributed by atoms with van der Waals surface area (Å²) in [5.41, 5.74) is 0.210. The summed E-state index contributed by atoms with van der Waals surface area (Å²) in [6, 6.07) is 8.13. The summed E-state index contributed by atoms with van der Waals surface area (Å²) in [6.07, 6.45) is 2.76. The van der Waals surface area contributed by atoms with E-state index >= 15 is 0 Å². The maximum absolute atomic E-state index is 12.4. The number of furan rings is 1. The SMILES string of the molecule is CNC(=O)C1CCCN1C(=O)CNC(=O)c1ccc(S(=O)(=O)NCc2ccco2)cc1. The largest absolute Gasteiger partial charge is 0.468 e. The molecule has 1 aliphatic heterocycles. The second kappa shape index (κ2) is 9.75. The highest BCUT2D eigenvalue weighted by Crippen LogP contribution is 2.17. The summed E-state index contributed by atoms with van der Waals surface area (Å²) in [5.74, 6) is -0.618. The average Bonchev–Trinajstić information content (AvgIpc) is 3.47. The van der Waals surface area contributed by atoms with E-state index in [0.29, 0.717) is 18.7 Å². The number of amides is 3. The molecule has 1 unspecified atom stereocenters. The maximum Gasteiger partial charge on any atom is 0.251 e. The summed E-state index contributed by atoms with van der Waals surface area (Å²) in [6.45, 7) is 0.217. The Morgan fingerprint density at radius 2 is 1.90 bits per heavy atom. The van der Waals surface area contributed by atoms with Crippen LogP contribution in [0.2, 0.25) is 0 Å². The van der Waals surface area contributed by atoms with Crippen molar-refractivity contribution in [1.82, 2.24) is 20.3 Å². The Morgan fingerprint density at radius 3 is 2.55 bits per heavy atom. The van der Waals surface area contributed by atoms with Crippen LogP contribution in [0, 0.1) is 0 Å². The molecule has 1 atom stereocenters. The number of nitrogens with zero attached hydrogens (tertiary/aromatic N) is 1. The van der Waals surface area contributed by atoms with Crippen molar-refractivity contribution in [3.63, 3.8) is 0 Å². The van der Waals surface area contributed by atoms with Crippen molar-refractivity contribution in [2.45, 2.75) is 30.3 Å². The predicted molar refractivity (Wildman–Crippen MR) is 110 cm³/mol. The third-order valence-corrected chi connectivity index (χ3v) is 6.38. The molecule has 31 heavy (non-hydrogen) atoms. The van der Waals surface area contributed by atoms with Gasteiger partial charge in [0.05, 0.1) is 24.2 Å². The zero-order chi connectivity index (χ0) is 22.4. The van der Waals surface area contributed by atoms with E-state index < -0.39 is 22.0 Å². The first kappa shape index (κ1) is 22.5. The highest BCUT2D eigenvalue weighted by molar-refractivity contribution is 7.89. The van der Waals surface area contributed by atoms with E-state index in [-0.39, 0.29) is 35.4 Å². The van der Waals surface area contributed by atoms with Crippen LogP contribution in [0.3, 0.4) is 0 Å². The Morgan fingerprint density at radius 1 is 1.16 bits per heavy atom. The molecule has 0 radical (unpaired) electrons. The minimum absolute atomic E-state index is 0.00262. The Bertz CT molecular complexity index is 1030. The van der Waals surface area contributed by atoms with Gasteiger partial charge in [-0.25, -0.2) is 13.1 Å². The van der Waals surface area contributed by atoms with Crippen molar-refractivity contribution in [2.75, 3.05) is 20.1 Å². The topological polar surface area (TPSA) is 138 Å². The average molecular weight is 449 g/mol. The molecule has 2 heterocycles. The van der Waals surface area contributed by atoms with Gasteiger partial charge in [-0.3, -0.25) is 14.4 Å². The fourth-order valence-corrected chi connectivity index (χ4v) is 4.31. The summed E-state index contributed by atoms with van der Waals surface area (Å²) >= 11 is 0. The lowest BCUT2D eigenvalue weighted by molar-refractivity contribution is -0.137. The van der Waals surface area contributed by atoms with Gasteiger partial charge in [-0.1, -0.05) is 0 Å². The monoisotopic (exact) mass is 448 g/mol. The molecule has 1 fully saturated rings. The van der Waals surface area contributed by atoms with E-state index in [2.05, 4.69) is 15.4 Å². The van der Waals surface area contributed by atoms with Gasteiger partial charge in [0, 0.05) is 19.2 Å². The number of rotatable bonds is 8. The van der Waals surface area contributed by atoms with E-state index in [9.17, 15) is 22.8 Å². The molecule has 1 saturated heterocycles. The molecule has 10 nitrogen and oxygen atoms in total. The molecule has 3 amide bonds. The number of hydrogen-bond donors (Lipinski definition) is 3. The number of likely N-dealkylation sites (tertiary alicyclic amines) is 1. The van der Waals surface area contributed by atoms with Gasteiger partial charge in [0.2, 0.25) is 21.8 Å². The van der Waals surface area contributed by atoms with E-state index in [1.807, 2.05) is 0 Å². The van der Waals surface area contributed by atoms with Crippen molar-refractivity contribution in [3.8, 4) is 0 Å². The molecular weight excluding hydrogens is 424 g/mol. The number of likely N-dealkylation sites (N-methyl/N-ethyl adjacent to an activating group) is 1. The first-order valence-corrected chi connectivity index (χ1v) is 11.2. The van der Waals surface area contributed by atoms with Gasteiger partial charge >= 0.3 is 0 Å². The number of nitrogens with one attached hydrogen (secondary N) is 3. The van der Waals surface area contributed by atoms with Gasteiger partial charge in [-0.05, 0) is 49.2 Å². The normalized spacial score (nSPS) is 16.2. The number of carbonyl (C=O) groups is 3. The highest BCUT2D eigenvalue weighted by atomic mass is 32.2.